The summed E-state index contributed by atoms with van der Waals surface area (Å²) in [7, 11) is 1.65. The molecule has 1 amide bonds. The Labute approximate surface area is 107 Å². The van der Waals surface area contributed by atoms with Crippen molar-refractivity contribution in [1.82, 2.24) is 5.32 Å². The van der Waals surface area contributed by atoms with Crippen molar-refractivity contribution in [3.8, 4) is 5.75 Å². The standard InChI is InChI=1S/C13H18ClNO2/c1-17-12-5-2-4-11(10-12)7-9-15-13(16)6-3-8-14/h2,4-5,10H,3,6-9H2,1H3,(H,15,16). The molecule has 0 fully saturated rings. The second-order valence-electron chi connectivity index (χ2n) is 3.74. The summed E-state index contributed by atoms with van der Waals surface area (Å²) in [6.45, 7) is 0.647. The molecule has 0 saturated heterocycles. The molecule has 17 heavy (non-hydrogen) atoms. The first-order chi connectivity index (χ1) is 8.26. The van der Waals surface area contributed by atoms with Gasteiger partial charge in [0.1, 0.15) is 5.75 Å². The van der Waals surface area contributed by atoms with Crippen molar-refractivity contribution >= 4 is 17.5 Å². The average Bonchev–Trinajstić information content (AvgIpc) is 2.36. The van der Waals surface area contributed by atoms with E-state index in [4.69, 9.17) is 16.3 Å². The maximum absolute atomic E-state index is 11.3. The van der Waals surface area contributed by atoms with Crippen LogP contribution in [0.1, 0.15) is 18.4 Å². The summed E-state index contributed by atoms with van der Waals surface area (Å²) in [5, 5.41) is 2.87. The monoisotopic (exact) mass is 255 g/mol. The number of nitrogens with one attached hydrogen (secondary N) is 1. The highest BCUT2D eigenvalue weighted by Crippen LogP contribution is 2.12. The summed E-state index contributed by atoms with van der Waals surface area (Å²) in [5.74, 6) is 1.44. The van der Waals surface area contributed by atoms with Crippen molar-refractivity contribution in [3.05, 3.63) is 29.8 Å². The Bertz CT molecular complexity index is 355. The van der Waals surface area contributed by atoms with Crippen LogP contribution in [0.4, 0.5) is 0 Å². The van der Waals surface area contributed by atoms with Gasteiger partial charge in [0, 0.05) is 18.8 Å². The molecular weight excluding hydrogens is 238 g/mol. The molecule has 0 aliphatic carbocycles. The van der Waals surface area contributed by atoms with E-state index in [0.717, 1.165) is 24.2 Å². The highest BCUT2D eigenvalue weighted by Gasteiger charge is 2.00. The Morgan fingerprint density at radius 3 is 3.00 bits per heavy atom. The molecule has 0 atom stereocenters. The van der Waals surface area contributed by atoms with E-state index in [1.807, 2.05) is 24.3 Å². The number of amides is 1. The van der Waals surface area contributed by atoms with Crippen LogP contribution in [0.5, 0.6) is 5.75 Å². The van der Waals surface area contributed by atoms with Crippen LogP contribution < -0.4 is 10.1 Å². The maximum atomic E-state index is 11.3. The van der Waals surface area contributed by atoms with Crippen molar-refractivity contribution in [2.45, 2.75) is 19.3 Å². The van der Waals surface area contributed by atoms with E-state index in [1.54, 1.807) is 7.11 Å². The number of hydrogen-bond donors (Lipinski definition) is 1. The van der Waals surface area contributed by atoms with E-state index in [1.165, 1.54) is 0 Å². The summed E-state index contributed by atoms with van der Waals surface area (Å²) in [6, 6.07) is 7.85. The lowest BCUT2D eigenvalue weighted by Crippen LogP contribution is -2.25. The van der Waals surface area contributed by atoms with Crippen LogP contribution in [0.25, 0.3) is 0 Å². The van der Waals surface area contributed by atoms with Gasteiger partial charge in [-0.3, -0.25) is 4.79 Å². The van der Waals surface area contributed by atoms with Crippen LogP contribution in [-0.4, -0.2) is 25.4 Å². The number of rotatable bonds is 7. The molecule has 0 radical (unpaired) electrons. The molecule has 0 saturated carbocycles. The quantitative estimate of drug-likeness (QED) is 0.760. The fraction of sp³-hybridized carbons (Fsp3) is 0.462. The first-order valence-electron chi connectivity index (χ1n) is 5.72. The Kier molecular flexibility index (Phi) is 6.48. The highest BCUT2D eigenvalue weighted by atomic mass is 35.5. The first-order valence-corrected chi connectivity index (χ1v) is 6.25. The van der Waals surface area contributed by atoms with E-state index in [0.29, 0.717) is 18.8 Å². The topological polar surface area (TPSA) is 38.3 Å². The van der Waals surface area contributed by atoms with E-state index >= 15 is 0 Å². The molecule has 1 N–H and O–H groups in total. The second kappa shape index (κ2) is 7.96. The van der Waals surface area contributed by atoms with E-state index in [9.17, 15) is 4.79 Å². The first kappa shape index (κ1) is 13.8. The molecule has 0 aliphatic rings. The van der Waals surface area contributed by atoms with Crippen molar-refractivity contribution in [2.75, 3.05) is 19.5 Å². The third-order valence-electron chi connectivity index (χ3n) is 2.41. The number of methoxy groups -OCH3 is 1. The molecule has 1 aromatic rings. The minimum Gasteiger partial charge on any atom is -0.497 e. The van der Waals surface area contributed by atoms with Crippen molar-refractivity contribution < 1.29 is 9.53 Å². The van der Waals surface area contributed by atoms with Crippen LogP contribution in [-0.2, 0) is 11.2 Å². The molecule has 0 heterocycles. The number of carbonyl (C=O) groups is 1. The Morgan fingerprint density at radius 2 is 2.29 bits per heavy atom. The highest BCUT2D eigenvalue weighted by molar-refractivity contribution is 6.17. The van der Waals surface area contributed by atoms with Crippen molar-refractivity contribution in [1.29, 1.82) is 0 Å². The van der Waals surface area contributed by atoms with Gasteiger partial charge in [0.25, 0.3) is 0 Å². The lowest BCUT2D eigenvalue weighted by atomic mass is 10.1. The van der Waals surface area contributed by atoms with E-state index < -0.39 is 0 Å². The summed E-state index contributed by atoms with van der Waals surface area (Å²) in [5.41, 5.74) is 1.15. The second-order valence-corrected chi connectivity index (χ2v) is 4.12. The van der Waals surface area contributed by atoms with Gasteiger partial charge in [0.05, 0.1) is 7.11 Å². The lowest BCUT2D eigenvalue weighted by Gasteiger charge is -2.06. The molecule has 0 spiro atoms. The van der Waals surface area contributed by atoms with E-state index in [2.05, 4.69) is 5.32 Å². The van der Waals surface area contributed by atoms with Gasteiger partial charge in [-0.15, -0.1) is 11.6 Å². The maximum Gasteiger partial charge on any atom is 0.220 e. The molecule has 0 bridgehead atoms. The molecule has 4 heteroatoms. The Hall–Kier alpha value is -1.22. The van der Waals surface area contributed by atoms with Crippen molar-refractivity contribution in [2.24, 2.45) is 0 Å². The smallest absolute Gasteiger partial charge is 0.220 e. The summed E-state index contributed by atoms with van der Waals surface area (Å²) in [4.78, 5) is 11.3. The lowest BCUT2D eigenvalue weighted by molar-refractivity contribution is -0.121. The number of ether oxygens (including phenoxy) is 1. The largest absolute Gasteiger partial charge is 0.497 e. The van der Waals surface area contributed by atoms with Gasteiger partial charge in [0.15, 0.2) is 0 Å². The molecule has 0 aliphatic heterocycles. The number of carbonyl (C=O) groups excluding carboxylic acids is 1. The van der Waals surface area contributed by atoms with Gasteiger partial charge < -0.3 is 10.1 Å². The molecule has 1 rings (SSSR count). The van der Waals surface area contributed by atoms with Crippen LogP contribution in [0.15, 0.2) is 24.3 Å². The van der Waals surface area contributed by atoms with E-state index in [-0.39, 0.29) is 5.91 Å². The number of alkyl halides is 1. The van der Waals surface area contributed by atoms with Gasteiger partial charge >= 0.3 is 0 Å². The summed E-state index contributed by atoms with van der Waals surface area (Å²) < 4.78 is 5.13. The molecule has 3 nitrogen and oxygen atoms in total. The number of halogens is 1. The van der Waals surface area contributed by atoms with Gasteiger partial charge in [-0.1, -0.05) is 12.1 Å². The van der Waals surface area contributed by atoms with Gasteiger partial charge in [0.2, 0.25) is 5.91 Å². The third-order valence-corrected chi connectivity index (χ3v) is 2.67. The van der Waals surface area contributed by atoms with Gasteiger partial charge in [-0.2, -0.15) is 0 Å². The zero-order chi connectivity index (χ0) is 12.5. The predicted molar refractivity (Wildman–Crippen MR) is 69.7 cm³/mol. The number of hydrogen-bond acceptors (Lipinski definition) is 2. The van der Waals surface area contributed by atoms with Gasteiger partial charge in [-0.05, 0) is 30.5 Å². The van der Waals surface area contributed by atoms with Crippen molar-refractivity contribution in [3.63, 3.8) is 0 Å². The molecule has 94 valence electrons. The van der Waals surface area contributed by atoms with Crippen LogP contribution in [0.3, 0.4) is 0 Å². The minimum absolute atomic E-state index is 0.0635. The normalized spacial score (nSPS) is 10.0. The summed E-state index contributed by atoms with van der Waals surface area (Å²) >= 11 is 5.52. The van der Waals surface area contributed by atoms with Crippen LogP contribution >= 0.6 is 11.6 Å². The molecule has 0 aromatic heterocycles. The summed E-state index contributed by atoms with van der Waals surface area (Å²) in [6.07, 6.45) is 2.04. The average molecular weight is 256 g/mol. The molecular formula is C13H18ClNO2. The Balaban J connectivity index is 2.28. The van der Waals surface area contributed by atoms with Crippen LogP contribution in [0.2, 0.25) is 0 Å². The van der Waals surface area contributed by atoms with Crippen LogP contribution in [0, 0.1) is 0 Å². The van der Waals surface area contributed by atoms with Gasteiger partial charge in [-0.25, -0.2) is 0 Å². The predicted octanol–water partition coefficient (Wildman–Crippen LogP) is 2.37. The molecule has 1 aromatic carbocycles. The third kappa shape index (κ3) is 5.59. The fourth-order valence-corrected chi connectivity index (χ4v) is 1.62. The zero-order valence-corrected chi connectivity index (χ0v) is 10.8. The fourth-order valence-electron chi connectivity index (χ4n) is 1.49. The zero-order valence-electron chi connectivity index (χ0n) is 10.0. The SMILES string of the molecule is COc1cccc(CCNC(=O)CCCCl)c1. The number of benzene rings is 1. The minimum atomic E-state index is 0.0635. The molecule has 0 unspecified atom stereocenters. The Morgan fingerprint density at radius 1 is 1.47 bits per heavy atom.